The van der Waals surface area contributed by atoms with Crippen LogP contribution in [0.3, 0.4) is 0 Å². The largest absolute Gasteiger partial charge is 0.346 e. The zero-order valence-corrected chi connectivity index (χ0v) is 13.4. The summed E-state index contributed by atoms with van der Waals surface area (Å²) < 4.78 is 2.25. The van der Waals surface area contributed by atoms with E-state index in [1.54, 1.807) is 11.3 Å². The lowest BCUT2D eigenvalue weighted by Crippen LogP contribution is -2.40. The molecule has 0 radical (unpaired) electrons. The fourth-order valence-corrected chi connectivity index (χ4v) is 4.46. The minimum atomic E-state index is -0.885. The summed E-state index contributed by atoms with van der Waals surface area (Å²) in [6, 6.07) is 14.5. The number of rotatable bonds is 2. The number of amidine groups is 1. The maximum atomic E-state index is 11.5. The van der Waals surface area contributed by atoms with Crippen molar-refractivity contribution in [1.29, 1.82) is 0 Å². The van der Waals surface area contributed by atoms with Crippen molar-refractivity contribution in [2.45, 2.75) is 31.4 Å². The van der Waals surface area contributed by atoms with Crippen molar-refractivity contribution in [3.8, 4) is 0 Å². The van der Waals surface area contributed by atoms with Gasteiger partial charge in [-0.05, 0) is 42.8 Å². The minimum Gasteiger partial charge on any atom is -0.346 e. The average molecular weight is 313 g/mol. The van der Waals surface area contributed by atoms with Gasteiger partial charge in [0.2, 0.25) is 0 Å². The van der Waals surface area contributed by atoms with Crippen LogP contribution in [0, 0.1) is 0 Å². The van der Waals surface area contributed by atoms with Crippen LogP contribution < -0.4 is 4.90 Å². The van der Waals surface area contributed by atoms with E-state index in [0.717, 1.165) is 24.3 Å². The van der Waals surface area contributed by atoms with Crippen molar-refractivity contribution in [3.05, 3.63) is 52.7 Å². The van der Waals surface area contributed by atoms with Crippen molar-refractivity contribution in [1.82, 2.24) is 0 Å². The summed E-state index contributed by atoms with van der Waals surface area (Å²) in [4.78, 5) is 3.36. The van der Waals surface area contributed by atoms with E-state index in [4.69, 9.17) is 0 Å². The van der Waals surface area contributed by atoms with Gasteiger partial charge in [-0.3, -0.25) is 0 Å². The first-order valence-electron chi connectivity index (χ1n) is 8.01. The molecule has 1 atom stereocenters. The zero-order chi connectivity index (χ0) is 15.0. The molecule has 114 valence electrons. The Labute approximate surface area is 135 Å². The standard InChI is InChI=1S/C18H21N2OS/c21-18(16-10-7-13-22-16)14-19(15-8-3-1-4-9-15)17-11-5-2-6-12-20(17)18/h1,3-4,7-10,13,21H,2,5-6,11-12,14H2/q+1/t18-/m0/s1. The van der Waals surface area contributed by atoms with Crippen LogP contribution in [0.5, 0.6) is 0 Å². The van der Waals surface area contributed by atoms with E-state index in [1.165, 1.54) is 24.4 Å². The summed E-state index contributed by atoms with van der Waals surface area (Å²) >= 11 is 1.65. The Morgan fingerprint density at radius 1 is 1.05 bits per heavy atom. The van der Waals surface area contributed by atoms with E-state index < -0.39 is 5.72 Å². The Morgan fingerprint density at radius 3 is 2.68 bits per heavy atom. The lowest BCUT2D eigenvalue weighted by Gasteiger charge is -2.21. The van der Waals surface area contributed by atoms with E-state index in [2.05, 4.69) is 45.2 Å². The number of para-hydroxylation sites is 1. The van der Waals surface area contributed by atoms with Gasteiger partial charge < -0.3 is 5.11 Å². The zero-order valence-electron chi connectivity index (χ0n) is 12.6. The number of β-amino-alcohol motifs (C(OH)–C–C–N with tert-alkyl or cyclic N) is 1. The number of nitrogens with zero attached hydrogens (tertiary/aromatic N) is 2. The van der Waals surface area contributed by atoms with Crippen LogP contribution in [-0.2, 0) is 5.72 Å². The first kappa shape index (κ1) is 14.0. The molecule has 1 N–H and O–H groups in total. The highest BCUT2D eigenvalue weighted by atomic mass is 32.1. The van der Waals surface area contributed by atoms with Crippen molar-refractivity contribution in [3.63, 3.8) is 0 Å². The molecule has 1 aromatic heterocycles. The van der Waals surface area contributed by atoms with Crippen molar-refractivity contribution >= 4 is 22.9 Å². The van der Waals surface area contributed by atoms with Gasteiger partial charge in [-0.1, -0.05) is 24.3 Å². The normalized spacial score (nSPS) is 25.2. The smallest absolute Gasteiger partial charge is 0.280 e. The Hall–Kier alpha value is -1.65. The van der Waals surface area contributed by atoms with Crippen molar-refractivity contribution < 1.29 is 9.68 Å². The SMILES string of the molecule is O[C@]1(c2cccs2)CN(c2ccccc2)C2=[N+]1CCCCC2. The summed E-state index contributed by atoms with van der Waals surface area (Å²) in [5, 5.41) is 13.5. The van der Waals surface area contributed by atoms with Gasteiger partial charge >= 0.3 is 0 Å². The molecule has 3 heterocycles. The van der Waals surface area contributed by atoms with Crippen LogP contribution in [0.15, 0.2) is 47.8 Å². The van der Waals surface area contributed by atoms with Gasteiger partial charge in [0.05, 0.1) is 11.4 Å². The first-order chi connectivity index (χ1) is 10.8. The minimum absolute atomic E-state index is 0.618. The fourth-order valence-electron chi connectivity index (χ4n) is 3.64. The maximum Gasteiger partial charge on any atom is 0.280 e. The number of benzene rings is 1. The van der Waals surface area contributed by atoms with Crippen LogP contribution in [0.2, 0.25) is 0 Å². The summed E-state index contributed by atoms with van der Waals surface area (Å²) in [5.74, 6) is 1.28. The van der Waals surface area contributed by atoms with Crippen LogP contribution in [0.25, 0.3) is 0 Å². The summed E-state index contributed by atoms with van der Waals surface area (Å²) in [6.07, 6.45) is 4.64. The summed E-state index contributed by atoms with van der Waals surface area (Å²) in [6.45, 7) is 1.56. The molecule has 0 unspecified atom stereocenters. The highest BCUT2D eigenvalue weighted by Crippen LogP contribution is 2.36. The third-order valence-electron chi connectivity index (χ3n) is 4.71. The maximum absolute atomic E-state index is 11.5. The molecule has 22 heavy (non-hydrogen) atoms. The van der Waals surface area contributed by atoms with Crippen LogP contribution in [-0.4, -0.2) is 28.6 Å². The van der Waals surface area contributed by atoms with E-state index in [0.29, 0.717) is 6.54 Å². The van der Waals surface area contributed by atoms with Crippen molar-refractivity contribution in [2.24, 2.45) is 0 Å². The quantitative estimate of drug-likeness (QED) is 0.860. The molecule has 0 fully saturated rings. The van der Waals surface area contributed by atoms with E-state index in [9.17, 15) is 5.11 Å². The molecule has 0 saturated carbocycles. The second kappa shape index (κ2) is 5.52. The lowest BCUT2D eigenvalue weighted by atomic mass is 10.1. The van der Waals surface area contributed by atoms with Crippen LogP contribution in [0.4, 0.5) is 5.69 Å². The predicted molar refractivity (Wildman–Crippen MR) is 90.6 cm³/mol. The van der Waals surface area contributed by atoms with Crippen molar-refractivity contribution in [2.75, 3.05) is 18.0 Å². The van der Waals surface area contributed by atoms with Gasteiger partial charge in [0.1, 0.15) is 5.69 Å². The third kappa shape index (κ3) is 2.18. The van der Waals surface area contributed by atoms with Gasteiger partial charge in [-0.25, -0.2) is 9.48 Å². The number of hydrogen-bond donors (Lipinski definition) is 1. The summed E-state index contributed by atoms with van der Waals surface area (Å²) in [7, 11) is 0. The first-order valence-corrected chi connectivity index (χ1v) is 8.89. The van der Waals surface area contributed by atoms with Gasteiger partial charge in [-0.2, -0.15) is 0 Å². The molecule has 0 amide bonds. The lowest BCUT2D eigenvalue weighted by molar-refractivity contribution is -0.657. The molecule has 2 aliphatic rings. The van der Waals surface area contributed by atoms with Gasteiger partial charge in [0.25, 0.3) is 11.6 Å². The Balaban J connectivity index is 1.81. The molecule has 2 aromatic rings. The summed E-state index contributed by atoms with van der Waals surface area (Å²) in [5.41, 5.74) is 0.292. The second-order valence-electron chi connectivity index (χ2n) is 6.09. The molecule has 0 saturated heterocycles. The monoisotopic (exact) mass is 313 g/mol. The number of thiophene rings is 1. The molecular weight excluding hydrogens is 292 g/mol. The van der Waals surface area contributed by atoms with Gasteiger partial charge in [0.15, 0.2) is 6.54 Å². The number of hydrogen-bond acceptors (Lipinski definition) is 3. The molecular formula is C18H21N2OS+. The Bertz CT molecular complexity index is 680. The molecule has 0 spiro atoms. The number of anilines is 1. The number of aliphatic hydroxyl groups is 1. The highest BCUT2D eigenvalue weighted by molar-refractivity contribution is 7.10. The highest BCUT2D eigenvalue weighted by Gasteiger charge is 2.52. The molecule has 4 heteroatoms. The van der Waals surface area contributed by atoms with E-state index in [1.807, 2.05) is 12.1 Å². The Kier molecular flexibility index (Phi) is 3.51. The van der Waals surface area contributed by atoms with Gasteiger partial charge in [-0.15, -0.1) is 11.3 Å². The van der Waals surface area contributed by atoms with Gasteiger partial charge in [0, 0.05) is 6.42 Å². The molecule has 0 bridgehead atoms. The van der Waals surface area contributed by atoms with E-state index in [-0.39, 0.29) is 0 Å². The fraction of sp³-hybridized carbons (Fsp3) is 0.389. The predicted octanol–water partition coefficient (Wildman–Crippen LogP) is 3.40. The second-order valence-corrected chi connectivity index (χ2v) is 7.04. The Morgan fingerprint density at radius 2 is 1.91 bits per heavy atom. The van der Waals surface area contributed by atoms with Crippen LogP contribution >= 0.6 is 11.3 Å². The molecule has 0 aliphatic carbocycles. The van der Waals surface area contributed by atoms with Crippen LogP contribution in [0.1, 0.15) is 30.6 Å². The topological polar surface area (TPSA) is 26.5 Å². The molecule has 3 nitrogen and oxygen atoms in total. The molecule has 4 rings (SSSR count). The molecule has 2 aliphatic heterocycles. The molecule has 1 aromatic carbocycles. The van der Waals surface area contributed by atoms with E-state index >= 15 is 0 Å². The third-order valence-corrected chi connectivity index (χ3v) is 5.72. The average Bonchev–Trinajstić information content (AvgIpc) is 3.10.